The molecule has 0 saturated heterocycles. The third-order valence-corrected chi connectivity index (χ3v) is 6.09. The van der Waals surface area contributed by atoms with Crippen LogP contribution in [0.4, 0.5) is 11.6 Å². The average Bonchev–Trinajstić information content (AvgIpc) is 3.23. The number of fused-ring (bicyclic) bond motifs is 1. The number of benzene rings is 1. The maximum atomic E-state index is 9.11. The second-order valence-electron chi connectivity index (χ2n) is 7.39. The number of halogens is 2. The van der Waals surface area contributed by atoms with E-state index in [0.717, 1.165) is 40.8 Å². The van der Waals surface area contributed by atoms with Crippen LogP contribution in [0.15, 0.2) is 30.5 Å². The lowest BCUT2D eigenvalue weighted by molar-refractivity contribution is 0.304. The summed E-state index contributed by atoms with van der Waals surface area (Å²) in [5, 5.41) is 24.4. The Morgan fingerprint density at radius 3 is 2.48 bits per heavy atom. The van der Waals surface area contributed by atoms with Gasteiger partial charge < -0.3 is 15.3 Å². The highest BCUT2D eigenvalue weighted by molar-refractivity contribution is 6.43. The first kappa shape index (κ1) is 20.1. The Morgan fingerprint density at radius 1 is 1.10 bits per heavy atom. The van der Waals surface area contributed by atoms with Gasteiger partial charge in [0, 0.05) is 42.2 Å². The molecule has 0 aliphatic heterocycles. The van der Waals surface area contributed by atoms with Crippen molar-refractivity contribution >= 4 is 45.6 Å². The number of hydrogen-bond donors (Lipinski definition) is 2. The number of rotatable bonds is 6. The van der Waals surface area contributed by atoms with Crippen LogP contribution in [0.3, 0.4) is 0 Å². The summed E-state index contributed by atoms with van der Waals surface area (Å²) in [4.78, 5) is 6.39. The Bertz CT molecular complexity index is 1010. The average molecular weight is 432 g/mol. The summed E-state index contributed by atoms with van der Waals surface area (Å²) in [5.74, 6) is 1.52. The van der Waals surface area contributed by atoms with E-state index in [2.05, 4.69) is 20.5 Å². The molecule has 1 fully saturated rings. The predicted octanol–water partition coefficient (Wildman–Crippen LogP) is 4.78. The number of anilines is 2. The SMILES string of the molecule is CN(CCO)c1ccc(-c2nnc(NC3CCCC3)c3cc(Cl)c(Cl)cc23)cn1. The van der Waals surface area contributed by atoms with E-state index < -0.39 is 0 Å². The fraction of sp³-hybridized carbons (Fsp3) is 0.381. The molecule has 0 spiro atoms. The lowest BCUT2D eigenvalue weighted by Gasteiger charge is -2.17. The number of aromatic nitrogens is 3. The molecule has 1 aliphatic rings. The van der Waals surface area contributed by atoms with E-state index in [1.807, 2.05) is 36.2 Å². The highest BCUT2D eigenvalue weighted by Gasteiger charge is 2.19. The van der Waals surface area contributed by atoms with E-state index >= 15 is 0 Å². The molecule has 0 unspecified atom stereocenters. The number of nitrogens with one attached hydrogen (secondary N) is 1. The summed E-state index contributed by atoms with van der Waals surface area (Å²) >= 11 is 12.6. The molecule has 6 nitrogen and oxygen atoms in total. The summed E-state index contributed by atoms with van der Waals surface area (Å²) in [6, 6.07) is 7.96. The van der Waals surface area contributed by atoms with Crippen molar-refractivity contribution < 1.29 is 5.11 Å². The second-order valence-corrected chi connectivity index (χ2v) is 8.20. The minimum Gasteiger partial charge on any atom is -0.395 e. The van der Waals surface area contributed by atoms with Crippen LogP contribution in [0, 0.1) is 0 Å². The highest BCUT2D eigenvalue weighted by atomic mass is 35.5. The third kappa shape index (κ3) is 4.25. The van der Waals surface area contributed by atoms with Gasteiger partial charge in [-0.1, -0.05) is 36.0 Å². The fourth-order valence-electron chi connectivity index (χ4n) is 3.75. The molecule has 3 aromatic rings. The molecule has 0 atom stereocenters. The Hall–Kier alpha value is -2.15. The van der Waals surface area contributed by atoms with Crippen molar-refractivity contribution in [3.05, 3.63) is 40.5 Å². The lowest BCUT2D eigenvalue weighted by Crippen LogP contribution is -2.21. The van der Waals surface area contributed by atoms with Gasteiger partial charge in [0.15, 0.2) is 5.82 Å². The van der Waals surface area contributed by atoms with Crippen LogP contribution in [-0.2, 0) is 0 Å². The van der Waals surface area contributed by atoms with Gasteiger partial charge in [-0.25, -0.2) is 4.98 Å². The van der Waals surface area contributed by atoms with Gasteiger partial charge in [-0.05, 0) is 37.1 Å². The minimum absolute atomic E-state index is 0.0742. The maximum Gasteiger partial charge on any atom is 0.156 e. The van der Waals surface area contributed by atoms with Gasteiger partial charge in [0.2, 0.25) is 0 Å². The van der Waals surface area contributed by atoms with Gasteiger partial charge in [0.1, 0.15) is 11.5 Å². The first-order chi connectivity index (χ1) is 14.1. The van der Waals surface area contributed by atoms with Crippen molar-refractivity contribution in [3.63, 3.8) is 0 Å². The molecule has 2 aromatic heterocycles. The number of hydrogen-bond acceptors (Lipinski definition) is 6. The molecule has 1 aromatic carbocycles. The lowest BCUT2D eigenvalue weighted by atomic mass is 10.1. The molecule has 8 heteroatoms. The molecule has 2 N–H and O–H groups in total. The number of pyridine rings is 1. The van der Waals surface area contributed by atoms with Crippen molar-refractivity contribution in [3.8, 4) is 11.3 Å². The molecule has 2 heterocycles. The standard InChI is InChI=1S/C21H23Cl2N5O/c1-28(8-9-29)19-7-6-13(12-24-19)20-15-10-17(22)18(23)11-16(15)21(27-26-20)25-14-4-2-3-5-14/h6-7,10-12,14,29H,2-5,8-9H2,1H3,(H,25,27). The maximum absolute atomic E-state index is 9.11. The largest absolute Gasteiger partial charge is 0.395 e. The normalized spacial score (nSPS) is 14.5. The molecule has 1 aliphatic carbocycles. The van der Waals surface area contributed by atoms with Gasteiger partial charge in [-0.3, -0.25) is 0 Å². The van der Waals surface area contributed by atoms with Crippen molar-refractivity contribution in [2.24, 2.45) is 0 Å². The van der Waals surface area contributed by atoms with Crippen molar-refractivity contribution in [1.82, 2.24) is 15.2 Å². The molecule has 152 valence electrons. The van der Waals surface area contributed by atoms with E-state index in [1.54, 1.807) is 6.20 Å². The summed E-state index contributed by atoms with van der Waals surface area (Å²) in [7, 11) is 1.89. The Morgan fingerprint density at radius 2 is 1.83 bits per heavy atom. The van der Waals surface area contributed by atoms with Crippen molar-refractivity contribution in [2.75, 3.05) is 30.4 Å². The first-order valence-corrected chi connectivity index (χ1v) is 10.5. The molecular formula is C21H23Cl2N5O. The van der Waals surface area contributed by atoms with Crippen LogP contribution in [0.2, 0.25) is 10.0 Å². The minimum atomic E-state index is 0.0742. The third-order valence-electron chi connectivity index (χ3n) is 5.36. The van der Waals surface area contributed by atoms with Crippen molar-refractivity contribution in [2.45, 2.75) is 31.7 Å². The molecule has 0 bridgehead atoms. The van der Waals surface area contributed by atoms with Crippen LogP contribution < -0.4 is 10.2 Å². The van der Waals surface area contributed by atoms with Crippen molar-refractivity contribution in [1.29, 1.82) is 0 Å². The number of nitrogens with zero attached hydrogens (tertiary/aromatic N) is 4. The smallest absolute Gasteiger partial charge is 0.156 e. The molecular weight excluding hydrogens is 409 g/mol. The van der Waals surface area contributed by atoms with Crippen LogP contribution >= 0.6 is 23.2 Å². The Balaban J connectivity index is 1.75. The molecule has 4 rings (SSSR count). The monoisotopic (exact) mass is 431 g/mol. The first-order valence-electron chi connectivity index (χ1n) is 9.77. The summed E-state index contributed by atoms with van der Waals surface area (Å²) in [6.07, 6.45) is 6.50. The van der Waals surface area contributed by atoms with E-state index in [0.29, 0.717) is 28.3 Å². The summed E-state index contributed by atoms with van der Waals surface area (Å²) < 4.78 is 0. The van der Waals surface area contributed by atoms with Crippen LogP contribution in [0.25, 0.3) is 22.0 Å². The second kappa shape index (κ2) is 8.69. The highest BCUT2D eigenvalue weighted by Crippen LogP contribution is 2.36. The van der Waals surface area contributed by atoms with E-state index in [4.69, 9.17) is 28.3 Å². The summed E-state index contributed by atoms with van der Waals surface area (Å²) in [5.41, 5.74) is 1.55. The zero-order valence-corrected chi connectivity index (χ0v) is 17.7. The topological polar surface area (TPSA) is 74.2 Å². The molecule has 1 saturated carbocycles. The van der Waals surface area contributed by atoms with Gasteiger partial charge in [0.05, 0.1) is 16.7 Å². The van der Waals surface area contributed by atoms with Gasteiger partial charge >= 0.3 is 0 Å². The van der Waals surface area contributed by atoms with Crippen LogP contribution in [0.1, 0.15) is 25.7 Å². The van der Waals surface area contributed by atoms with E-state index in [9.17, 15) is 0 Å². The Labute approximate surface area is 179 Å². The summed E-state index contributed by atoms with van der Waals surface area (Å²) in [6.45, 7) is 0.593. The molecule has 0 radical (unpaired) electrons. The van der Waals surface area contributed by atoms with Gasteiger partial charge in [-0.15, -0.1) is 10.2 Å². The number of aliphatic hydroxyl groups excluding tert-OH is 1. The zero-order chi connectivity index (χ0) is 20.4. The molecule has 29 heavy (non-hydrogen) atoms. The van der Waals surface area contributed by atoms with Gasteiger partial charge in [-0.2, -0.15) is 0 Å². The number of likely N-dealkylation sites (N-methyl/N-ethyl adjacent to an activating group) is 1. The molecule has 0 amide bonds. The number of aliphatic hydroxyl groups is 1. The van der Waals surface area contributed by atoms with Crippen LogP contribution in [0.5, 0.6) is 0 Å². The van der Waals surface area contributed by atoms with E-state index in [-0.39, 0.29) is 6.61 Å². The quantitative estimate of drug-likeness (QED) is 0.584. The van der Waals surface area contributed by atoms with E-state index in [1.165, 1.54) is 12.8 Å². The zero-order valence-electron chi connectivity index (χ0n) is 16.2. The fourth-order valence-corrected chi connectivity index (χ4v) is 4.07. The predicted molar refractivity (Wildman–Crippen MR) is 119 cm³/mol. The van der Waals surface area contributed by atoms with Gasteiger partial charge in [0.25, 0.3) is 0 Å². The van der Waals surface area contributed by atoms with Crippen LogP contribution in [-0.4, -0.2) is 46.5 Å². The Kier molecular flexibility index (Phi) is 6.04.